The van der Waals surface area contributed by atoms with Gasteiger partial charge >= 0.3 is 5.97 Å². The molecule has 0 atom stereocenters. The van der Waals surface area contributed by atoms with E-state index in [4.69, 9.17) is 9.47 Å². The molecule has 0 saturated heterocycles. The SMILES string of the molecule is CCOc1cc(/C=C(\C#N)C(=O)Nc2ccccc2C)cc(I)c1OCC(=O)OC. The zero-order chi connectivity index (χ0) is 22.1. The molecule has 2 aromatic rings. The Morgan fingerprint density at radius 2 is 1.97 bits per heavy atom. The number of carbonyl (C=O) groups is 2. The lowest BCUT2D eigenvalue weighted by Crippen LogP contribution is -2.14. The minimum Gasteiger partial charge on any atom is -0.490 e. The standard InChI is InChI=1S/C22H21IN2O5/c1-4-29-19-11-15(10-17(23)21(19)30-13-20(26)28-3)9-16(12-24)22(27)25-18-8-6-5-7-14(18)2/h5-11H,4,13H2,1-3H3,(H,25,27)/b16-9+. The number of carbonyl (C=O) groups excluding carboxylic acids is 2. The Hall–Kier alpha value is -3.06. The minimum absolute atomic E-state index is 0.0558. The third kappa shape index (κ3) is 6.22. The molecule has 0 fully saturated rings. The second kappa shape index (κ2) is 11.2. The first kappa shape index (κ1) is 23.2. The van der Waals surface area contributed by atoms with Crippen molar-refractivity contribution >= 4 is 46.2 Å². The second-order valence-electron chi connectivity index (χ2n) is 6.07. The molecule has 2 aromatic carbocycles. The number of ether oxygens (including phenoxy) is 3. The third-order valence-corrected chi connectivity index (χ3v) is 4.76. The van der Waals surface area contributed by atoms with Crippen LogP contribution >= 0.6 is 22.6 Å². The van der Waals surface area contributed by atoms with Crippen LogP contribution in [-0.2, 0) is 14.3 Å². The molecule has 0 spiro atoms. The number of benzene rings is 2. The topological polar surface area (TPSA) is 97.6 Å². The summed E-state index contributed by atoms with van der Waals surface area (Å²) >= 11 is 2.04. The first-order valence-electron chi connectivity index (χ1n) is 9.04. The Labute approximate surface area is 188 Å². The van der Waals surface area contributed by atoms with E-state index in [1.165, 1.54) is 13.2 Å². The first-order valence-corrected chi connectivity index (χ1v) is 10.1. The smallest absolute Gasteiger partial charge is 0.343 e. The molecule has 0 aliphatic heterocycles. The molecule has 1 N–H and O–H groups in total. The fraction of sp³-hybridized carbons (Fsp3) is 0.227. The number of aryl methyl sites for hydroxylation is 1. The summed E-state index contributed by atoms with van der Waals surface area (Å²) < 4.78 is 16.4. The Morgan fingerprint density at radius 1 is 1.23 bits per heavy atom. The molecule has 0 unspecified atom stereocenters. The number of hydrogen-bond donors (Lipinski definition) is 1. The third-order valence-electron chi connectivity index (χ3n) is 3.96. The highest BCUT2D eigenvalue weighted by Crippen LogP contribution is 2.35. The summed E-state index contributed by atoms with van der Waals surface area (Å²) in [5.74, 6) is -0.235. The van der Waals surface area contributed by atoms with Gasteiger partial charge in [-0.25, -0.2) is 4.79 Å². The Morgan fingerprint density at radius 3 is 2.60 bits per heavy atom. The molecular formula is C22H21IN2O5. The van der Waals surface area contributed by atoms with Crippen molar-refractivity contribution in [1.29, 1.82) is 5.26 Å². The number of nitrogens with zero attached hydrogens (tertiary/aromatic N) is 1. The van der Waals surface area contributed by atoms with Gasteiger partial charge in [0.1, 0.15) is 11.6 Å². The van der Waals surface area contributed by atoms with Gasteiger partial charge in [-0.05, 0) is 71.8 Å². The fourth-order valence-electron chi connectivity index (χ4n) is 2.48. The van der Waals surface area contributed by atoms with Crippen molar-refractivity contribution in [2.75, 3.05) is 25.6 Å². The van der Waals surface area contributed by atoms with Crippen LogP contribution in [-0.4, -0.2) is 32.2 Å². The molecule has 1 amide bonds. The van der Waals surface area contributed by atoms with E-state index in [1.54, 1.807) is 18.2 Å². The van der Waals surface area contributed by atoms with Crippen LogP contribution < -0.4 is 14.8 Å². The monoisotopic (exact) mass is 520 g/mol. The van der Waals surface area contributed by atoms with Gasteiger partial charge in [-0.1, -0.05) is 18.2 Å². The van der Waals surface area contributed by atoms with Gasteiger partial charge in [0, 0.05) is 5.69 Å². The molecule has 30 heavy (non-hydrogen) atoms. The van der Waals surface area contributed by atoms with Crippen molar-refractivity contribution in [2.45, 2.75) is 13.8 Å². The number of esters is 1. The fourth-order valence-corrected chi connectivity index (χ4v) is 3.26. The van der Waals surface area contributed by atoms with Crippen LogP contribution in [0, 0.1) is 21.8 Å². The number of amides is 1. The molecule has 0 bridgehead atoms. The van der Waals surface area contributed by atoms with Gasteiger partial charge in [0.05, 0.1) is 17.3 Å². The van der Waals surface area contributed by atoms with E-state index in [1.807, 2.05) is 60.7 Å². The summed E-state index contributed by atoms with van der Waals surface area (Å²) in [6, 6.07) is 12.6. The number of nitrogens with one attached hydrogen (secondary N) is 1. The molecule has 7 nitrogen and oxygen atoms in total. The molecule has 0 aliphatic rings. The van der Waals surface area contributed by atoms with Gasteiger partial charge in [0.15, 0.2) is 18.1 Å². The Balaban J connectivity index is 2.33. The number of rotatable bonds is 8. The van der Waals surface area contributed by atoms with Crippen LogP contribution in [0.3, 0.4) is 0 Å². The molecule has 0 radical (unpaired) electrons. The zero-order valence-electron chi connectivity index (χ0n) is 16.8. The lowest BCUT2D eigenvalue weighted by atomic mass is 10.1. The molecule has 0 aromatic heterocycles. The molecular weight excluding hydrogens is 499 g/mol. The zero-order valence-corrected chi connectivity index (χ0v) is 19.0. The maximum absolute atomic E-state index is 12.6. The predicted octanol–water partition coefficient (Wildman–Crippen LogP) is 4.10. The number of nitriles is 1. The summed E-state index contributed by atoms with van der Waals surface area (Å²) in [5, 5.41) is 12.2. The average Bonchev–Trinajstić information content (AvgIpc) is 2.72. The molecule has 2 rings (SSSR count). The van der Waals surface area contributed by atoms with E-state index in [0.29, 0.717) is 32.9 Å². The largest absolute Gasteiger partial charge is 0.490 e. The van der Waals surface area contributed by atoms with Crippen LogP contribution in [0.25, 0.3) is 6.08 Å². The molecule has 8 heteroatoms. The highest BCUT2D eigenvalue weighted by Gasteiger charge is 2.16. The van der Waals surface area contributed by atoms with Crippen molar-refractivity contribution in [3.05, 3.63) is 56.7 Å². The molecule has 156 valence electrons. The Kier molecular flexibility index (Phi) is 8.68. The van der Waals surface area contributed by atoms with Crippen LogP contribution in [0.15, 0.2) is 42.0 Å². The van der Waals surface area contributed by atoms with Crippen molar-refractivity contribution < 1.29 is 23.8 Å². The lowest BCUT2D eigenvalue weighted by Gasteiger charge is -2.14. The van der Waals surface area contributed by atoms with E-state index in [0.717, 1.165) is 5.56 Å². The summed E-state index contributed by atoms with van der Waals surface area (Å²) in [5.41, 5.74) is 2.06. The number of hydrogen-bond acceptors (Lipinski definition) is 6. The van der Waals surface area contributed by atoms with Gasteiger partial charge in [0.2, 0.25) is 0 Å². The van der Waals surface area contributed by atoms with Crippen LogP contribution in [0.2, 0.25) is 0 Å². The highest BCUT2D eigenvalue weighted by molar-refractivity contribution is 14.1. The summed E-state index contributed by atoms with van der Waals surface area (Å²) in [4.78, 5) is 23.9. The lowest BCUT2D eigenvalue weighted by molar-refractivity contribution is -0.142. The van der Waals surface area contributed by atoms with Gasteiger partial charge in [-0.15, -0.1) is 0 Å². The highest BCUT2D eigenvalue weighted by atomic mass is 127. The minimum atomic E-state index is -0.517. The average molecular weight is 520 g/mol. The van der Waals surface area contributed by atoms with Crippen LogP contribution in [0.4, 0.5) is 5.69 Å². The summed E-state index contributed by atoms with van der Waals surface area (Å²) in [6.45, 7) is 3.80. The van der Waals surface area contributed by atoms with Gasteiger partial charge < -0.3 is 19.5 Å². The summed E-state index contributed by atoms with van der Waals surface area (Å²) in [7, 11) is 1.28. The van der Waals surface area contributed by atoms with E-state index >= 15 is 0 Å². The van der Waals surface area contributed by atoms with E-state index < -0.39 is 11.9 Å². The van der Waals surface area contributed by atoms with Gasteiger partial charge in [-0.3, -0.25) is 4.79 Å². The quantitative estimate of drug-likeness (QED) is 0.244. The van der Waals surface area contributed by atoms with E-state index in [2.05, 4.69) is 10.1 Å². The number of halogens is 1. The number of methoxy groups -OCH3 is 1. The van der Waals surface area contributed by atoms with E-state index in [9.17, 15) is 14.9 Å². The Bertz CT molecular complexity index is 1010. The summed E-state index contributed by atoms with van der Waals surface area (Å²) in [6.07, 6.45) is 1.47. The van der Waals surface area contributed by atoms with Crippen molar-refractivity contribution in [3.8, 4) is 17.6 Å². The first-order chi connectivity index (χ1) is 14.4. The van der Waals surface area contributed by atoms with Gasteiger partial charge in [-0.2, -0.15) is 5.26 Å². The molecule has 0 heterocycles. The predicted molar refractivity (Wildman–Crippen MR) is 121 cm³/mol. The van der Waals surface area contributed by atoms with Crippen LogP contribution in [0.1, 0.15) is 18.1 Å². The van der Waals surface area contributed by atoms with E-state index in [-0.39, 0.29) is 12.2 Å². The second-order valence-corrected chi connectivity index (χ2v) is 7.23. The number of anilines is 1. The van der Waals surface area contributed by atoms with Crippen molar-refractivity contribution in [2.24, 2.45) is 0 Å². The van der Waals surface area contributed by atoms with Gasteiger partial charge in [0.25, 0.3) is 5.91 Å². The number of para-hydroxylation sites is 1. The van der Waals surface area contributed by atoms with Crippen molar-refractivity contribution in [1.82, 2.24) is 0 Å². The maximum atomic E-state index is 12.6. The maximum Gasteiger partial charge on any atom is 0.343 e. The normalized spacial score (nSPS) is 10.7. The molecule has 0 aliphatic carbocycles. The molecule has 0 saturated carbocycles. The van der Waals surface area contributed by atoms with Crippen molar-refractivity contribution in [3.63, 3.8) is 0 Å². The van der Waals surface area contributed by atoms with Crippen LogP contribution in [0.5, 0.6) is 11.5 Å².